The number of amides is 3. The molecule has 2 unspecified atom stereocenters. The van der Waals surface area contributed by atoms with Gasteiger partial charge in [0, 0.05) is 19.1 Å². The standard InChI is InChI=1S/C14H25N3O4/c1-10-6-17(7-12(9-18)21-10)8-13(19)16-14(20)15-11-4-2-3-5-11/h10-12,18H,2-9H2,1H3,(H2,15,16,19,20). The van der Waals surface area contributed by atoms with Crippen LogP contribution in [0.1, 0.15) is 32.6 Å². The molecule has 2 rings (SSSR count). The Kier molecular flexibility index (Phi) is 5.96. The van der Waals surface area contributed by atoms with Crippen LogP contribution in [0.3, 0.4) is 0 Å². The van der Waals surface area contributed by atoms with Gasteiger partial charge >= 0.3 is 6.03 Å². The van der Waals surface area contributed by atoms with Gasteiger partial charge in [0.25, 0.3) is 0 Å². The normalized spacial score (nSPS) is 27.5. The van der Waals surface area contributed by atoms with Crippen molar-refractivity contribution in [3.8, 4) is 0 Å². The van der Waals surface area contributed by atoms with Crippen LogP contribution in [-0.4, -0.2) is 66.4 Å². The molecule has 7 heteroatoms. The lowest BCUT2D eigenvalue weighted by Crippen LogP contribution is -2.52. The molecule has 0 radical (unpaired) electrons. The summed E-state index contributed by atoms with van der Waals surface area (Å²) < 4.78 is 5.51. The van der Waals surface area contributed by atoms with Crippen LogP contribution in [0.25, 0.3) is 0 Å². The van der Waals surface area contributed by atoms with E-state index in [2.05, 4.69) is 10.6 Å². The van der Waals surface area contributed by atoms with Gasteiger partial charge in [-0.25, -0.2) is 4.79 Å². The van der Waals surface area contributed by atoms with E-state index in [0.717, 1.165) is 25.7 Å². The first-order chi connectivity index (χ1) is 10.1. The van der Waals surface area contributed by atoms with Gasteiger partial charge in [-0.3, -0.25) is 15.0 Å². The van der Waals surface area contributed by atoms with E-state index in [-0.39, 0.29) is 37.3 Å². The average molecular weight is 299 g/mol. The summed E-state index contributed by atoms with van der Waals surface area (Å²) in [6.45, 7) is 3.10. The molecule has 1 heterocycles. The fourth-order valence-corrected chi connectivity index (χ4v) is 3.03. The molecule has 2 fully saturated rings. The highest BCUT2D eigenvalue weighted by atomic mass is 16.5. The number of nitrogens with one attached hydrogen (secondary N) is 2. The van der Waals surface area contributed by atoms with Crippen LogP contribution >= 0.6 is 0 Å². The number of carbonyl (C=O) groups excluding carboxylic acids is 2. The number of hydrogen-bond donors (Lipinski definition) is 3. The number of rotatable bonds is 4. The summed E-state index contributed by atoms with van der Waals surface area (Å²) in [7, 11) is 0. The maximum atomic E-state index is 11.9. The molecule has 0 aromatic carbocycles. The van der Waals surface area contributed by atoms with E-state index in [4.69, 9.17) is 9.84 Å². The van der Waals surface area contributed by atoms with Crippen LogP contribution < -0.4 is 10.6 Å². The van der Waals surface area contributed by atoms with Gasteiger partial charge in [-0.05, 0) is 19.8 Å². The Bertz CT molecular complexity index is 371. The van der Waals surface area contributed by atoms with Crippen molar-refractivity contribution in [2.45, 2.75) is 50.9 Å². The van der Waals surface area contributed by atoms with E-state index < -0.39 is 6.03 Å². The van der Waals surface area contributed by atoms with Gasteiger partial charge in [-0.2, -0.15) is 0 Å². The summed E-state index contributed by atoms with van der Waals surface area (Å²) in [5, 5.41) is 14.3. The highest BCUT2D eigenvalue weighted by Gasteiger charge is 2.26. The third kappa shape index (κ3) is 5.26. The summed E-state index contributed by atoms with van der Waals surface area (Å²) in [6, 6.07) is -0.216. The van der Waals surface area contributed by atoms with Gasteiger partial charge in [0.2, 0.25) is 5.91 Å². The molecule has 2 atom stereocenters. The van der Waals surface area contributed by atoms with Crippen LogP contribution in [0.15, 0.2) is 0 Å². The van der Waals surface area contributed by atoms with Gasteiger partial charge in [-0.1, -0.05) is 12.8 Å². The Morgan fingerprint density at radius 2 is 2.00 bits per heavy atom. The Morgan fingerprint density at radius 1 is 1.29 bits per heavy atom. The molecule has 3 N–H and O–H groups in total. The fraction of sp³-hybridized carbons (Fsp3) is 0.857. The number of nitrogens with zero attached hydrogens (tertiary/aromatic N) is 1. The van der Waals surface area contributed by atoms with Crippen LogP contribution in [0.5, 0.6) is 0 Å². The summed E-state index contributed by atoms with van der Waals surface area (Å²) in [5.74, 6) is -0.323. The second-order valence-corrected chi connectivity index (χ2v) is 5.95. The molecule has 0 spiro atoms. The quantitative estimate of drug-likeness (QED) is 0.671. The Morgan fingerprint density at radius 3 is 2.67 bits per heavy atom. The minimum atomic E-state index is -0.410. The minimum absolute atomic E-state index is 0.0315. The van der Waals surface area contributed by atoms with Crippen molar-refractivity contribution < 1.29 is 19.4 Å². The molecule has 0 bridgehead atoms. The van der Waals surface area contributed by atoms with Crippen molar-refractivity contribution in [2.75, 3.05) is 26.2 Å². The maximum Gasteiger partial charge on any atom is 0.321 e. The first-order valence-corrected chi connectivity index (χ1v) is 7.66. The van der Waals surface area contributed by atoms with Gasteiger partial charge in [0.1, 0.15) is 0 Å². The molecular formula is C14H25N3O4. The zero-order valence-electron chi connectivity index (χ0n) is 12.5. The van der Waals surface area contributed by atoms with Crippen molar-refractivity contribution >= 4 is 11.9 Å². The van der Waals surface area contributed by atoms with E-state index in [1.807, 2.05) is 11.8 Å². The molecular weight excluding hydrogens is 274 g/mol. The van der Waals surface area contributed by atoms with E-state index in [1.165, 1.54) is 0 Å². The number of morpholine rings is 1. The lowest BCUT2D eigenvalue weighted by Gasteiger charge is -2.35. The third-order valence-electron chi connectivity index (χ3n) is 3.92. The van der Waals surface area contributed by atoms with E-state index in [0.29, 0.717) is 13.1 Å². The third-order valence-corrected chi connectivity index (χ3v) is 3.92. The first-order valence-electron chi connectivity index (χ1n) is 7.66. The summed E-state index contributed by atoms with van der Waals surface area (Å²) in [5.41, 5.74) is 0. The van der Waals surface area contributed by atoms with Crippen LogP contribution in [-0.2, 0) is 9.53 Å². The lowest BCUT2D eigenvalue weighted by atomic mass is 10.2. The zero-order chi connectivity index (χ0) is 15.2. The number of aliphatic hydroxyl groups excluding tert-OH is 1. The van der Waals surface area contributed by atoms with Gasteiger partial charge in [-0.15, -0.1) is 0 Å². The van der Waals surface area contributed by atoms with Crippen molar-refractivity contribution in [1.29, 1.82) is 0 Å². The first kappa shape index (κ1) is 16.2. The van der Waals surface area contributed by atoms with Crippen molar-refractivity contribution in [1.82, 2.24) is 15.5 Å². The second kappa shape index (κ2) is 7.72. The zero-order valence-corrected chi connectivity index (χ0v) is 12.5. The molecule has 1 saturated heterocycles. The molecule has 2 aliphatic rings. The number of imide groups is 1. The highest BCUT2D eigenvalue weighted by molar-refractivity contribution is 5.95. The number of urea groups is 1. The molecule has 1 aliphatic carbocycles. The molecule has 1 aliphatic heterocycles. The Labute approximate surface area is 125 Å². The molecule has 0 aromatic heterocycles. The second-order valence-electron chi connectivity index (χ2n) is 5.95. The van der Waals surface area contributed by atoms with Gasteiger partial charge in [0.05, 0.1) is 25.4 Å². The predicted octanol–water partition coefficient (Wildman–Crippen LogP) is -0.164. The molecule has 120 valence electrons. The van der Waals surface area contributed by atoms with Crippen molar-refractivity contribution in [3.05, 3.63) is 0 Å². The minimum Gasteiger partial charge on any atom is -0.394 e. The van der Waals surface area contributed by atoms with Crippen LogP contribution in [0, 0.1) is 0 Å². The molecule has 21 heavy (non-hydrogen) atoms. The smallest absolute Gasteiger partial charge is 0.321 e. The van der Waals surface area contributed by atoms with E-state index in [1.54, 1.807) is 0 Å². The molecule has 3 amide bonds. The molecule has 0 aromatic rings. The lowest BCUT2D eigenvalue weighted by molar-refractivity contribution is -0.127. The predicted molar refractivity (Wildman–Crippen MR) is 76.8 cm³/mol. The van der Waals surface area contributed by atoms with Crippen LogP contribution in [0.4, 0.5) is 4.79 Å². The van der Waals surface area contributed by atoms with Gasteiger partial charge in [0.15, 0.2) is 0 Å². The summed E-state index contributed by atoms with van der Waals surface area (Å²) in [6.07, 6.45) is 3.94. The maximum absolute atomic E-state index is 11.9. The van der Waals surface area contributed by atoms with Crippen LogP contribution in [0.2, 0.25) is 0 Å². The van der Waals surface area contributed by atoms with Gasteiger partial charge < -0.3 is 15.2 Å². The molecule has 1 saturated carbocycles. The molecule has 7 nitrogen and oxygen atoms in total. The summed E-state index contributed by atoms with van der Waals surface area (Å²) in [4.78, 5) is 25.5. The number of ether oxygens (including phenoxy) is 1. The van der Waals surface area contributed by atoms with E-state index in [9.17, 15) is 9.59 Å². The van der Waals surface area contributed by atoms with Crippen molar-refractivity contribution in [2.24, 2.45) is 0 Å². The largest absolute Gasteiger partial charge is 0.394 e. The average Bonchev–Trinajstić information content (AvgIpc) is 2.90. The fourth-order valence-electron chi connectivity index (χ4n) is 3.03. The Hall–Kier alpha value is -1.18. The number of carbonyl (C=O) groups is 2. The number of aliphatic hydroxyl groups is 1. The Balaban J connectivity index is 1.71. The van der Waals surface area contributed by atoms with E-state index >= 15 is 0 Å². The van der Waals surface area contributed by atoms with Crippen molar-refractivity contribution in [3.63, 3.8) is 0 Å². The number of hydrogen-bond acceptors (Lipinski definition) is 5. The monoisotopic (exact) mass is 299 g/mol. The highest BCUT2D eigenvalue weighted by Crippen LogP contribution is 2.17. The SMILES string of the molecule is CC1CN(CC(=O)NC(=O)NC2CCCC2)CC(CO)O1. The topological polar surface area (TPSA) is 90.9 Å². The summed E-state index contributed by atoms with van der Waals surface area (Å²) >= 11 is 0.